The molecule has 5 atom stereocenters. The second-order valence-electron chi connectivity index (χ2n) is 6.42. The van der Waals surface area contributed by atoms with Gasteiger partial charge >= 0.3 is 0 Å². The SMILES string of the molecule is CC1CCN(C(=O)C2CC3CCC2N3)CC1C. The molecule has 96 valence electrons. The molecule has 0 aromatic heterocycles. The molecule has 3 rings (SSSR count). The summed E-state index contributed by atoms with van der Waals surface area (Å²) in [6.07, 6.45) is 4.76. The standard InChI is InChI=1S/C14H24N2O/c1-9-5-6-16(8-10(9)2)14(17)12-7-11-3-4-13(12)15-11/h9-13,15H,3-8H2,1-2H3. The fraction of sp³-hybridized carbons (Fsp3) is 0.929. The molecule has 3 saturated heterocycles. The Labute approximate surface area is 104 Å². The Bertz CT molecular complexity index is 317. The summed E-state index contributed by atoms with van der Waals surface area (Å²) in [6.45, 7) is 6.56. The van der Waals surface area contributed by atoms with E-state index in [9.17, 15) is 4.79 Å². The summed E-state index contributed by atoms with van der Waals surface area (Å²) < 4.78 is 0. The minimum Gasteiger partial charge on any atom is -0.342 e. The number of piperidine rings is 1. The number of fused-ring (bicyclic) bond motifs is 2. The number of rotatable bonds is 1. The lowest BCUT2D eigenvalue weighted by Crippen LogP contribution is -2.47. The van der Waals surface area contributed by atoms with Crippen LogP contribution in [0, 0.1) is 17.8 Å². The largest absolute Gasteiger partial charge is 0.342 e. The molecule has 0 radical (unpaired) electrons. The maximum absolute atomic E-state index is 12.5. The number of nitrogens with zero attached hydrogens (tertiary/aromatic N) is 1. The first-order valence-electron chi connectivity index (χ1n) is 7.20. The molecule has 1 amide bonds. The normalized spacial score (nSPS) is 45.3. The Hall–Kier alpha value is -0.570. The third-order valence-corrected chi connectivity index (χ3v) is 5.26. The highest BCUT2D eigenvalue weighted by molar-refractivity contribution is 5.80. The van der Waals surface area contributed by atoms with Crippen molar-refractivity contribution in [1.29, 1.82) is 0 Å². The van der Waals surface area contributed by atoms with Gasteiger partial charge in [0.15, 0.2) is 0 Å². The van der Waals surface area contributed by atoms with Crippen LogP contribution in [0.5, 0.6) is 0 Å². The fourth-order valence-corrected chi connectivity index (χ4v) is 3.79. The summed E-state index contributed by atoms with van der Waals surface area (Å²) in [5, 5.41) is 3.57. The molecule has 0 spiro atoms. The summed E-state index contributed by atoms with van der Waals surface area (Å²) in [6, 6.07) is 1.12. The van der Waals surface area contributed by atoms with E-state index < -0.39 is 0 Å². The fourth-order valence-electron chi connectivity index (χ4n) is 3.79. The van der Waals surface area contributed by atoms with Gasteiger partial charge < -0.3 is 10.2 Å². The van der Waals surface area contributed by atoms with Gasteiger partial charge in [0.05, 0.1) is 5.92 Å². The van der Waals surface area contributed by atoms with Crippen LogP contribution in [0.4, 0.5) is 0 Å². The molecule has 3 aliphatic heterocycles. The van der Waals surface area contributed by atoms with Gasteiger partial charge in [-0.15, -0.1) is 0 Å². The molecule has 3 heterocycles. The first-order chi connectivity index (χ1) is 8.15. The first kappa shape index (κ1) is 11.5. The average Bonchev–Trinajstić information content (AvgIpc) is 2.93. The third-order valence-electron chi connectivity index (χ3n) is 5.26. The van der Waals surface area contributed by atoms with Crippen LogP contribution in [-0.4, -0.2) is 36.0 Å². The van der Waals surface area contributed by atoms with Crippen LogP contribution in [-0.2, 0) is 4.79 Å². The van der Waals surface area contributed by atoms with Crippen LogP contribution in [0.25, 0.3) is 0 Å². The van der Waals surface area contributed by atoms with Crippen LogP contribution >= 0.6 is 0 Å². The number of amides is 1. The summed E-state index contributed by atoms with van der Waals surface area (Å²) >= 11 is 0. The van der Waals surface area contributed by atoms with Crippen molar-refractivity contribution < 1.29 is 4.79 Å². The number of carbonyl (C=O) groups is 1. The maximum atomic E-state index is 12.5. The van der Waals surface area contributed by atoms with Gasteiger partial charge in [0.1, 0.15) is 0 Å². The summed E-state index contributed by atoms with van der Waals surface area (Å²) in [5.41, 5.74) is 0. The van der Waals surface area contributed by atoms with Crippen molar-refractivity contribution in [1.82, 2.24) is 10.2 Å². The van der Waals surface area contributed by atoms with E-state index in [4.69, 9.17) is 0 Å². The van der Waals surface area contributed by atoms with Crippen molar-refractivity contribution in [2.24, 2.45) is 17.8 Å². The molecule has 0 aromatic rings. The van der Waals surface area contributed by atoms with Crippen molar-refractivity contribution in [3.05, 3.63) is 0 Å². The highest BCUT2D eigenvalue weighted by Gasteiger charge is 2.44. The van der Waals surface area contributed by atoms with E-state index in [-0.39, 0.29) is 5.92 Å². The van der Waals surface area contributed by atoms with Gasteiger partial charge in [-0.1, -0.05) is 13.8 Å². The predicted octanol–water partition coefficient (Wildman–Crippen LogP) is 1.63. The predicted molar refractivity (Wildman–Crippen MR) is 67.6 cm³/mol. The Morgan fingerprint density at radius 3 is 2.59 bits per heavy atom. The summed E-state index contributed by atoms with van der Waals surface area (Å²) in [5.74, 6) is 2.16. The molecule has 3 fully saturated rings. The van der Waals surface area contributed by atoms with Gasteiger partial charge in [0.25, 0.3) is 0 Å². The molecule has 5 unspecified atom stereocenters. The highest BCUT2D eigenvalue weighted by atomic mass is 16.2. The molecule has 17 heavy (non-hydrogen) atoms. The lowest BCUT2D eigenvalue weighted by atomic mass is 9.85. The molecule has 3 nitrogen and oxygen atoms in total. The van der Waals surface area contributed by atoms with Crippen LogP contribution in [0.3, 0.4) is 0 Å². The quantitative estimate of drug-likeness (QED) is 0.750. The van der Waals surface area contributed by atoms with Crippen molar-refractivity contribution >= 4 is 5.91 Å². The zero-order valence-corrected chi connectivity index (χ0v) is 11.0. The Kier molecular flexibility index (Phi) is 2.89. The third kappa shape index (κ3) is 1.99. The van der Waals surface area contributed by atoms with E-state index in [0.29, 0.717) is 23.9 Å². The number of nitrogens with one attached hydrogen (secondary N) is 1. The molecule has 0 saturated carbocycles. The van der Waals surface area contributed by atoms with Gasteiger partial charge in [-0.05, 0) is 37.5 Å². The van der Waals surface area contributed by atoms with Gasteiger partial charge in [-0.25, -0.2) is 0 Å². The lowest BCUT2D eigenvalue weighted by molar-refractivity contribution is -0.138. The maximum Gasteiger partial charge on any atom is 0.227 e. The summed E-state index contributed by atoms with van der Waals surface area (Å²) in [7, 11) is 0. The van der Waals surface area contributed by atoms with Crippen LogP contribution in [0.2, 0.25) is 0 Å². The Morgan fingerprint density at radius 2 is 2.00 bits per heavy atom. The molecular formula is C14H24N2O. The molecule has 3 aliphatic rings. The number of likely N-dealkylation sites (tertiary alicyclic amines) is 1. The van der Waals surface area contributed by atoms with Crippen molar-refractivity contribution in [2.75, 3.05) is 13.1 Å². The molecular weight excluding hydrogens is 212 g/mol. The average molecular weight is 236 g/mol. The van der Waals surface area contributed by atoms with Crippen LogP contribution in [0.15, 0.2) is 0 Å². The topological polar surface area (TPSA) is 32.3 Å². The van der Waals surface area contributed by atoms with Crippen LogP contribution in [0.1, 0.15) is 39.5 Å². The van der Waals surface area contributed by atoms with E-state index in [1.165, 1.54) is 19.3 Å². The van der Waals surface area contributed by atoms with E-state index in [1.807, 2.05) is 0 Å². The van der Waals surface area contributed by atoms with Crippen molar-refractivity contribution in [3.8, 4) is 0 Å². The van der Waals surface area contributed by atoms with Crippen molar-refractivity contribution in [3.63, 3.8) is 0 Å². The highest BCUT2D eigenvalue weighted by Crippen LogP contribution is 2.35. The number of hydrogen-bond donors (Lipinski definition) is 1. The molecule has 3 heteroatoms. The monoisotopic (exact) mass is 236 g/mol. The molecule has 2 bridgehead atoms. The zero-order chi connectivity index (χ0) is 12.0. The van der Waals surface area contributed by atoms with Gasteiger partial charge in [0.2, 0.25) is 5.91 Å². The minimum atomic E-state index is 0.286. The van der Waals surface area contributed by atoms with E-state index in [2.05, 4.69) is 24.1 Å². The molecule has 0 aromatic carbocycles. The summed E-state index contributed by atoms with van der Waals surface area (Å²) in [4.78, 5) is 14.7. The van der Waals surface area contributed by atoms with Gasteiger partial charge in [0, 0.05) is 25.2 Å². The molecule has 1 N–H and O–H groups in total. The minimum absolute atomic E-state index is 0.286. The smallest absolute Gasteiger partial charge is 0.227 e. The second-order valence-corrected chi connectivity index (χ2v) is 6.42. The zero-order valence-electron chi connectivity index (χ0n) is 11.0. The van der Waals surface area contributed by atoms with Crippen LogP contribution < -0.4 is 5.32 Å². The lowest BCUT2D eigenvalue weighted by Gasteiger charge is -2.37. The van der Waals surface area contributed by atoms with E-state index in [0.717, 1.165) is 25.4 Å². The molecule has 0 aliphatic carbocycles. The van der Waals surface area contributed by atoms with Crippen molar-refractivity contribution in [2.45, 2.75) is 51.6 Å². The Balaban J connectivity index is 1.63. The van der Waals surface area contributed by atoms with Gasteiger partial charge in [-0.3, -0.25) is 4.79 Å². The first-order valence-corrected chi connectivity index (χ1v) is 7.20. The second kappa shape index (κ2) is 4.27. The Morgan fingerprint density at radius 1 is 1.18 bits per heavy atom. The van der Waals surface area contributed by atoms with E-state index >= 15 is 0 Å². The van der Waals surface area contributed by atoms with Gasteiger partial charge in [-0.2, -0.15) is 0 Å². The van der Waals surface area contributed by atoms with E-state index in [1.54, 1.807) is 0 Å². The number of hydrogen-bond acceptors (Lipinski definition) is 2. The number of carbonyl (C=O) groups excluding carboxylic acids is 1.